The molecular formula is C22H17ClN4O2S. The Morgan fingerprint density at radius 3 is 2.33 bits per heavy atom. The number of nitrogens with one attached hydrogen (secondary N) is 1. The van der Waals surface area contributed by atoms with E-state index in [9.17, 15) is 9.59 Å². The number of hydrogen-bond acceptors (Lipinski definition) is 4. The normalized spacial score (nSPS) is 15.6. The molecule has 6 nitrogen and oxygen atoms in total. The summed E-state index contributed by atoms with van der Waals surface area (Å²) in [4.78, 5) is 27.1. The summed E-state index contributed by atoms with van der Waals surface area (Å²) in [6.45, 7) is 3.73. The predicted octanol–water partition coefficient (Wildman–Crippen LogP) is 3.97. The molecule has 0 bridgehead atoms. The van der Waals surface area contributed by atoms with Crippen molar-refractivity contribution in [1.29, 1.82) is 0 Å². The molecule has 0 unspecified atom stereocenters. The van der Waals surface area contributed by atoms with Crippen LogP contribution in [0.25, 0.3) is 11.8 Å². The Kier molecular flexibility index (Phi) is 5.24. The number of benzene rings is 2. The number of carbonyl (C=O) groups excluding carboxylic acids is 2. The molecule has 0 aliphatic carbocycles. The zero-order valence-corrected chi connectivity index (χ0v) is 17.8. The summed E-state index contributed by atoms with van der Waals surface area (Å²) < 4.78 is 1.79. The van der Waals surface area contributed by atoms with Crippen molar-refractivity contribution in [3.63, 3.8) is 0 Å². The van der Waals surface area contributed by atoms with Gasteiger partial charge in [-0.15, -0.1) is 0 Å². The van der Waals surface area contributed by atoms with Gasteiger partial charge in [0, 0.05) is 16.3 Å². The molecule has 0 saturated carbocycles. The number of halogens is 1. The van der Waals surface area contributed by atoms with E-state index in [1.165, 1.54) is 4.90 Å². The van der Waals surface area contributed by atoms with Gasteiger partial charge in [-0.25, -0.2) is 4.68 Å². The molecule has 1 aliphatic heterocycles. The second kappa shape index (κ2) is 7.85. The fourth-order valence-corrected chi connectivity index (χ4v) is 3.72. The van der Waals surface area contributed by atoms with Gasteiger partial charge in [-0.2, -0.15) is 5.10 Å². The van der Waals surface area contributed by atoms with Crippen molar-refractivity contribution in [1.82, 2.24) is 15.1 Å². The van der Waals surface area contributed by atoms with E-state index < -0.39 is 11.8 Å². The van der Waals surface area contributed by atoms with Crippen molar-refractivity contribution in [2.24, 2.45) is 0 Å². The summed E-state index contributed by atoms with van der Waals surface area (Å²) >= 11 is 11.2. The second-order valence-corrected chi connectivity index (χ2v) is 7.59. The lowest BCUT2D eigenvalue weighted by molar-refractivity contribution is -0.122. The zero-order valence-electron chi connectivity index (χ0n) is 16.2. The molecule has 2 amide bonds. The van der Waals surface area contributed by atoms with Gasteiger partial charge in [0.05, 0.1) is 17.1 Å². The minimum absolute atomic E-state index is 0.0163. The van der Waals surface area contributed by atoms with Crippen LogP contribution in [0.3, 0.4) is 0 Å². The maximum Gasteiger partial charge on any atom is 0.270 e. The fraction of sp³-hybridized carbons (Fsp3) is 0.0909. The number of aryl methyl sites for hydroxylation is 1. The largest absolute Gasteiger partial charge is 0.298 e. The van der Waals surface area contributed by atoms with E-state index in [2.05, 4.69) is 10.4 Å². The summed E-state index contributed by atoms with van der Waals surface area (Å²) in [5.41, 5.74) is 3.63. The topological polar surface area (TPSA) is 67.2 Å². The standard InChI is InChI=1S/C22H17ClN4O2S/c1-13-18(14(2)27(25-13)17-6-4-3-5-7-17)12-19-20(28)24-22(30)26(21(19)29)16-10-8-15(23)9-11-16/h3-12H,1-2H3,(H,24,28,30). The molecule has 8 heteroatoms. The molecule has 3 aromatic rings. The summed E-state index contributed by atoms with van der Waals surface area (Å²) in [6.07, 6.45) is 1.57. The number of anilines is 1. The van der Waals surface area contributed by atoms with Crippen LogP contribution in [0, 0.1) is 13.8 Å². The Hall–Kier alpha value is -3.29. The van der Waals surface area contributed by atoms with E-state index in [0.29, 0.717) is 22.0 Å². The van der Waals surface area contributed by atoms with Gasteiger partial charge in [0.1, 0.15) is 5.57 Å². The average molecular weight is 437 g/mol. The summed E-state index contributed by atoms with van der Waals surface area (Å²) in [5.74, 6) is -1.04. The lowest BCUT2D eigenvalue weighted by Crippen LogP contribution is -2.54. The Balaban J connectivity index is 1.77. The van der Waals surface area contributed by atoms with E-state index in [1.54, 1.807) is 35.0 Å². The van der Waals surface area contributed by atoms with Crippen LogP contribution in [0.2, 0.25) is 5.02 Å². The van der Waals surface area contributed by atoms with Gasteiger partial charge < -0.3 is 0 Å². The SMILES string of the molecule is Cc1nn(-c2ccccc2)c(C)c1C=C1C(=O)NC(=S)N(c2ccc(Cl)cc2)C1=O. The molecule has 0 radical (unpaired) electrons. The number of hydrogen-bond donors (Lipinski definition) is 1. The van der Waals surface area contributed by atoms with Crippen molar-refractivity contribution in [3.8, 4) is 5.69 Å². The first-order valence-corrected chi connectivity index (χ1v) is 9.94. The van der Waals surface area contributed by atoms with Crippen LogP contribution in [0.4, 0.5) is 5.69 Å². The van der Waals surface area contributed by atoms with Crippen LogP contribution in [0.15, 0.2) is 60.2 Å². The maximum absolute atomic E-state index is 13.2. The summed E-state index contributed by atoms with van der Waals surface area (Å²) in [6, 6.07) is 16.3. The summed E-state index contributed by atoms with van der Waals surface area (Å²) in [7, 11) is 0. The molecule has 2 heterocycles. The highest BCUT2D eigenvalue weighted by Crippen LogP contribution is 2.26. The number of aromatic nitrogens is 2. The van der Waals surface area contributed by atoms with Crippen molar-refractivity contribution in [3.05, 3.63) is 82.1 Å². The predicted molar refractivity (Wildman–Crippen MR) is 121 cm³/mol. The van der Waals surface area contributed by atoms with Crippen LogP contribution >= 0.6 is 23.8 Å². The molecule has 150 valence electrons. The molecule has 0 atom stereocenters. The van der Waals surface area contributed by atoms with Gasteiger partial charge in [0.2, 0.25) is 0 Å². The quantitative estimate of drug-likeness (QED) is 0.383. The number of nitrogens with zero attached hydrogens (tertiary/aromatic N) is 3. The minimum Gasteiger partial charge on any atom is -0.298 e. The van der Waals surface area contributed by atoms with Crippen molar-refractivity contribution >= 4 is 52.5 Å². The minimum atomic E-state index is -0.540. The van der Waals surface area contributed by atoms with E-state index in [0.717, 1.165) is 11.4 Å². The van der Waals surface area contributed by atoms with Gasteiger partial charge in [-0.05, 0) is 68.5 Å². The third kappa shape index (κ3) is 3.53. The highest BCUT2D eigenvalue weighted by molar-refractivity contribution is 7.80. The molecule has 1 saturated heterocycles. The van der Waals surface area contributed by atoms with E-state index in [1.807, 2.05) is 44.2 Å². The van der Waals surface area contributed by atoms with Crippen molar-refractivity contribution < 1.29 is 9.59 Å². The van der Waals surface area contributed by atoms with Gasteiger partial charge >= 0.3 is 0 Å². The number of thiocarbonyl (C=S) groups is 1. The van der Waals surface area contributed by atoms with Gasteiger partial charge in [-0.3, -0.25) is 19.8 Å². The molecule has 1 fully saturated rings. The molecule has 0 spiro atoms. The van der Waals surface area contributed by atoms with Gasteiger partial charge in [0.25, 0.3) is 11.8 Å². The first kappa shape index (κ1) is 20.0. The highest BCUT2D eigenvalue weighted by atomic mass is 35.5. The molecule has 1 aromatic heterocycles. The van der Waals surface area contributed by atoms with Crippen LogP contribution < -0.4 is 10.2 Å². The smallest absolute Gasteiger partial charge is 0.270 e. The molecule has 4 rings (SSSR count). The van der Waals surface area contributed by atoms with E-state index >= 15 is 0 Å². The van der Waals surface area contributed by atoms with Crippen LogP contribution in [-0.4, -0.2) is 26.7 Å². The molecule has 1 aliphatic rings. The van der Waals surface area contributed by atoms with Crippen LogP contribution in [-0.2, 0) is 9.59 Å². The molecule has 1 N–H and O–H groups in total. The Morgan fingerprint density at radius 2 is 1.67 bits per heavy atom. The maximum atomic E-state index is 13.2. The van der Waals surface area contributed by atoms with Gasteiger partial charge in [-0.1, -0.05) is 29.8 Å². The molecule has 2 aromatic carbocycles. The number of para-hydroxylation sites is 1. The zero-order chi connectivity index (χ0) is 21.4. The van der Waals surface area contributed by atoms with Gasteiger partial charge in [0.15, 0.2) is 5.11 Å². The van der Waals surface area contributed by atoms with Crippen LogP contribution in [0.5, 0.6) is 0 Å². The van der Waals surface area contributed by atoms with E-state index in [-0.39, 0.29) is 10.7 Å². The second-order valence-electron chi connectivity index (χ2n) is 6.77. The Morgan fingerprint density at radius 1 is 1.00 bits per heavy atom. The average Bonchev–Trinajstić information content (AvgIpc) is 3.01. The third-order valence-electron chi connectivity index (χ3n) is 4.82. The highest BCUT2D eigenvalue weighted by Gasteiger charge is 2.35. The first-order valence-electron chi connectivity index (χ1n) is 9.15. The monoisotopic (exact) mass is 436 g/mol. The lowest BCUT2D eigenvalue weighted by Gasteiger charge is -2.29. The number of amides is 2. The third-order valence-corrected chi connectivity index (χ3v) is 5.36. The van der Waals surface area contributed by atoms with E-state index in [4.69, 9.17) is 23.8 Å². The Bertz CT molecular complexity index is 1200. The molecular weight excluding hydrogens is 420 g/mol. The van der Waals surface area contributed by atoms with Crippen molar-refractivity contribution in [2.45, 2.75) is 13.8 Å². The first-order chi connectivity index (χ1) is 14.4. The van der Waals surface area contributed by atoms with Crippen molar-refractivity contribution in [2.75, 3.05) is 4.90 Å². The number of rotatable bonds is 3. The Labute approximate surface area is 183 Å². The fourth-order valence-electron chi connectivity index (χ4n) is 3.31. The number of carbonyl (C=O) groups is 2. The lowest BCUT2D eigenvalue weighted by atomic mass is 10.1. The molecule has 30 heavy (non-hydrogen) atoms. The summed E-state index contributed by atoms with van der Waals surface area (Å²) in [5, 5.41) is 7.72. The van der Waals surface area contributed by atoms with Crippen LogP contribution in [0.1, 0.15) is 17.0 Å².